The van der Waals surface area contributed by atoms with E-state index in [2.05, 4.69) is 22.1 Å². The standard InChI is InChI=1S/C36H38ClN3O5/c1-24-32(22-40-18-15-36(43,16-19-40)29-11-13-30(37)14-12-29)44-35(45-33(24)26-9-7-25(23-41)8-10-26)27-4-2-6-31(20-27)39-34(42)28-5-3-17-38-21-28/h2-14,17,20-21,24,32-33,35,41,43H,15-16,18-19,22-23H2,1H3,(H,39,42). The molecule has 2 fully saturated rings. The molecule has 3 heterocycles. The van der Waals surface area contributed by atoms with Crippen molar-refractivity contribution in [2.45, 2.75) is 50.5 Å². The normalized spacial score (nSPS) is 23.4. The molecule has 1 aromatic heterocycles. The number of aliphatic hydroxyl groups is 2. The van der Waals surface area contributed by atoms with Gasteiger partial charge in [0.15, 0.2) is 6.29 Å². The van der Waals surface area contributed by atoms with Crippen molar-refractivity contribution in [1.82, 2.24) is 9.88 Å². The van der Waals surface area contributed by atoms with Crippen molar-refractivity contribution in [3.05, 3.63) is 130 Å². The number of ether oxygens (including phenoxy) is 2. The quantitative estimate of drug-likeness (QED) is 0.212. The molecule has 6 rings (SSSR count). The zero-order valence-corrected chi connectivity index (χ0v) is 25.9. The van der Waals surface area contributed by atoms with Crippen molar-refractivity contribution >= 4 is 23.2 Å². The van der Waals surface area contributed by atoms with Gasteiger partial charge in [0.2, 0.25) is 0 Å². The molecule has 3 N–H and O–H groups in total. The summed E-state index contributed by atoms with van der Waals surface area (Å²) in [4.78, 5) is 19.2. The van der Waals surface area contributed by atoms with Crippen LogP contribution in [-0.4, -0.2) is 51.7 Å². The van der Waals surface area contributed by atoms with Gasteiger partial charge in [0.25, 0.3) is 5.91 Å². The number of pyridine rings is 1. The topological polar surface area (TPSA) is 104 Å². The average molecular weight is 628 g/mol. The summed E-state index contributed by atoms with van der Waals surface area (Å²) in [5.74, 6) is -0.227. The van der Waals surface area contributed by atoms with Gasteiger partial charge < -0.3 is 29.9 Å². The Balaban J connectivity index is 1.20. The van der Waals surface area contributed by atoms with E-state index in [0.717, 1.165) is 35.3 Å². The number of nitrogens with zero attached hydrogens (tertiary/aromatic N) is 2. The molecule has 2 aliphatic heterocycles. The molecular weight excluding hydrogens is 590 g/mol. The molecule has 2 aliphatic rings. The Bertz CT molecular complexity index is 1580. The van der Waals surface area contributed by atoms with E-state index in [1.54, 1.807) is 18.3 Å². The Morgan fingerprint density at radius 1 is 1.00 bits per heavy atom. The van der Waals surface area contributed by atoms with Crippen molar-refractivity contribution in [2.24, 2.45) is 5.92 Å². The van der Waals surface area contributed by atoms with Gasteiger partial charge in [0.05, 0.1) is 30.0 Å². The SMILES string of the molecule is CC1C(CN2CCC(O)(c3ccc(Cl)cc3)CC2)OC(c2cccc(NC(=O)c3cccnc3)c2)OC1c1ccc(CO)cc1. The number of anilines is 1. The lowest BCUT2D eigenvalue weighted by molar-refractivity contribution is -0.277. The summed E-state index contributed by atoms with van der Waals surface area (Å²) in [7, 11) is 0. The third kappa shape index (κ3) is 7.28. The van der Waals surface area contributed by atoms with Crippen molar-refractivity contribution < 1.29 is 24.5 Å². The van der Waals surface area contributed by atoms with E-state index in [1.165, 1.54) is 6.20 Å². The smallest absolute Gasteiger partial charge is 0.257 e. The highest BCUT2D eigenvalue weighted by Crippen LogP contribution is 2.43. The van der Waals surface area contributed by atoms with Gasteiger partial charge in [-0.2, -0.15) is 0 Å². The summed E-state index contributed by atoms with van der Waals surface area (Å²) in [5.41, 5.74) is 3.75. The number of hydrogen-bond acceptors (Lipinski definition) is 7. The summed E-state index contributed by atoms with van der Waals surface area (Å²) in [6.45, 7) is 4.25. The summed E-state index contributed by atoms with van der Waals surface area (Å²) < 4.78 is 13.3. The fraction of sp³-hybridized carbons (Fsp3) is 0.333. The molecule has 9 heteroatoms. The molecule has 0 aliphatic carbocycles. The van der Waals surface area contributed by atoms with E-state index in [9.17, 15) is 15.0 Å². The number of rotatable bonds is 8. The minimum atomic E-state index is -0.885. The van der Waals surface area contributed by atoms with Gasteiger partial charge in [0, 0.05) is 54.2 Å². The van der Waals surface area contributed by atoms with Crippen LogP contribution in [0.5, 0.6) is 0 Å². The zero-order chi connectivity index (χ0) is 31.4. The lowest BCUT2D eigenvalue weighted by Crippen LogP contribution is -2.49. The number of carbonyl (C=O) groups is 1. The lowest BCUT2D eigenvalue weighted by Gasteiger charge is -2.45. The first-order valence-corrected chi connectivity index (χ1v) is 15.7. The zero-order valence-electron chi connectivity index (χ0n) is 25.2. The van der Waals surface area contributed by atoms with Crippen LogP contribution in [0.3, 0.4) is 0 Å². The van der Waals surface area contributed by atoms with Crippen LogP contribution in [0, 0.1) is 5.92 Å². The molecule has 0 saturated carbocycles. The van der Waals surface area contributed by atoms with E-state index in [0.29, 0.717) is 35.7 Å². The number of carbonyl (C=O) groups excluding carboxylic acids is 1. The molecule has 2 saturated heterocycles. The average Bonchev–Trinajstić information content (AvgIpc) is 3.07. The van der Waals surface area contributed by atoms with Crippen molar-refractivity contribution in [3.8, 4) is 0 Å². The van der Waals surface area contributed by atoms with Gasteiger partial charge >= 0.3 is 0 Å². The Labute approximate surface area is 268 Å². The van der Waals surface area contributed by atoms with Crippen molar-refractivity contribution in [1.29, 1.82) is 0 Å². The van der Waals surface area contributed by atoms with Crippen LogP contribution in [0.1, 0.15) is 64.8 Å². The van der Waals surface area contributed by atoms with Crippen LogP contribution in [-0.2, 0) is 21.7 Å². The maximum atomic E-state index is 12.8. The van der Waals surface area contributed by atoms with Gasteiger partial charge in [0.1, 0.15) is 0 Å². The number of piperidine rings is 1. The first-order chi connectivity index (χ1) is 21.8. The second-order valence-corrected chi connectivity index (χ2v) is 12.4. The summed E-state index contributed by atoms with van der Waals surface area (Å²) in [6, 6.07) is 26.3. The minimum Gasteiger partial charge on any atom is -0.392 e. The molecular formula is C36H38ClN3O5. The van der Waals surface area contributed by atoms with E-state index < -0.39 is 11.9 Å². The Kier molecular flexibility index (Phi) is 9.61. The Morgan fingerprint density at radius 2 is 1.76 bits per heavy atom. The monoisotopic (exact) mass is 627 g/mol. The maximum absolute atomic E-state index is 12.8. The van der Waals surface area contributed by atoms with E-state index in [-0.39, 0.29) is 30.6 Å². The number of likely N-dealkylation sites (tertiary alicyclic amines) is 1. The number of halogens is 1. The van der Waals surface area contributed by atoms with Crippen molar-refractivity contribution in [2.75, 3.05) is 25.0 Å². The molecule has 4 atom stereocenters. The molecule has 1 amide bonds. The molecule has 0 radical (unpaired) electrons. The van der Waals surface area contributed by atoms with Gasteiger partial charge in [-0.1, -0.05) is 67.1 Å². The molecule has 0 spiro atoms. The number of aliphatic hydroxyl groups excluding tert-OH is 1. The molecule has 0 bridgehead atoms. The number of amides is 1. The van der Waals surface area contributed by atoms with Gasteiger partial charge in [-0.25, -0.2) is 0 Å². The fourth-order valence-corrected chi connectivity index (χ4v) is 6.33. The van der Waals surface area contributed by atoms with Crippen LogP contribution >= 0.6 is 11.6 Å². The highest BCUT2D eigenvalue weighted by molar-refractivity contribution is 6.30. The Morgan fingerprint density at radius 3 is 2.44 bits per heavy atom. The summed E-state index contributed by atoms with van der Waals surface area (Å²) in [5, 5.41) is 24.6. The first kappa shape index (κ1) is 31.4. The predicted octanol–water partition coefficient (Wildman–Crippen LogP) is 6.25. The highest BCUT2D eigenvalue weighted by atomic mass is 35.5. The van der Waals surface area contributed by atoms with Crippen LogP contribution in [0.15, 0.2) is 97.3 Å². The second kappa shape index (κ2) is 13.8. The molecule has 4 unspecified atom stereocenters. The van der Waals surface area contributed by atoms with E-state index in [1.807, 2.05) is 72.8 Å². The molecule has 45 heavy (non-hydrogen) atoms. The largest absolute Gasteiger partial charge is 0.392 e. The van der Waals surface area contributed by atoms with Gasteiger partial charge in [-0.15, -0.1) is 0 Å². The Hall–Kier alpha value is -3.63. The highest BCUT2D eigenvalue weighted by Gasteiger charge is 2.41. The van der Waals surface area contributed by atoms with E-state index >= 15 is 0 Å². The predicted molar refractivity (Wildman–Crippen MR) is 173 cm³/mol. The van der Waals surface area contributed by atoms with Crippen LogP contribution in [0.25, 0.3) is 0 Å². The third-order valence-electron chi connectivity index (χ3n) is 8.97. The number of nitrogens with one attached hydrogen (secondary N) is 1. The van der Waals surface area contributed by atoms with Gasteiger partial charge in [-0.3, -0.25) is 9.78 Å². The number of hydrogen-bond donors (Lipinski definition) is 3. The number of aromatic nitrogens is 1. The minimum absolute atomic E-state index is 0.0202. The third-order valence-corrected chi connectivity index (χ3v) is 9.22. The molecule has 8 nitrogen and oxygen atoms in total. The van der Waals surface area contributed by atoms with E-state index in [4.69, 9.17) is 21.1 Å². The fourth-order valence-electron chi connectivity index (χ4n) is 6.20. The summed E-state index contributed by atoms with van der Waals surface area (Å²) in [6.07, 6.45) is 3.29. The van der Waals surface area contributed by atoms with Crippen molar-refractivity contribution in [3.63, 3.8) is 0 Å². The first-order valence-electron chi connectivity index (χ1n) is 15.3. The van der Waals surface area contributed by atoms with Crippen LogP contribution < -0.4 is 5.32 Å². The van der Waals surface area contributed by atoms with Crippen LogP contribution in [0.4, 0.5) is 5.69 Å². The second-order valence-electron chi connectivity index (χ2n) is 12.0. The summed E-state index contributed by atoms with van der Waals surface area (Å²) >= 11 is 6.08. The number of benzene rings is 3. The molecule has 234 valence electrons. The van der Waals surface area contributed by atoms with Crippen LogP contribution in [0.2, 0.25) is 5.02 Å². The maximum Gasteiger partial charge on any atom is 0.257 e. The van der Waals surface area contributed by atoms with Gasteiger partial charge in [-0.05, 0) is 65.9 Å². The lowest BCUT2D eigenvalue weighted by atomic mass is 9.84. The molecule has 3 aromatic carbocycles. The molecule has 4 aromatic rings.